The van der Waals surface area contributed by atoms with E-state index in [-0.39, 0.29) is 17.3 Å². The highest BCUT2D eigenvalue weighted by Gasteiger charge is 2.33. The number of hydrogen-bond acceptors (Lipinski definition) is 4. The van der Waals surface area contributed by atoms with Crippen LogP contribution in [-0.2, 0) is 21.5 Å². The summed E-state index contributed by atoms with van der Waals surface area (Å²) in [6.07, 6.45) is 1.45. The minimum atomic E-state index is -4.05. The molecule has 0 spiro atoms. The first kappa shape index (κ1) is 21.2. The van der Waals surface area contributed by atoms with Gasteiger partial charge < -0.3 is 4.90 Å². The van der Waals surface area contributed by atoms with Crippen molar-refractivity contribution in [2.75, 3.05) is 33.2 Å². The van der Waals surface area contributed by atoms with Crippen LogP contribution in [0.15, 0.2) is 70.8 Å². The first-order valence-electron chi connectivity index (χ1n) is 9.95. The average Bonchev–Trinajstić information content (AvgIpc) is 2.77. The Labute approximate surface area is 181 Å². The number of benzene rings is 2. The van der Waals surface area contributed by atoms with Crippen molar-refractivity contribution >= 4 is 21.8 Å². The van der Waals surface area contributed by atoms with Crippen LogP contribution < -0.4 is 0 Å². The number of rotatable bonds is 4. The summed E-state index contributed by atoms with van der Waals surface area (Å²) in [6, 6.07) is 15.5. The Kier molecular flexibility index (Phi) is 5.88. The third-order valence-electron chi connectivity index (χ3n) is 5.44. The molecule has 0 atom stereocenters. The van der Waals surface area contributed by atoms with Gasteiger partial charge in [0.15, 0.2) is 0 Å². The van der Waals surface area contributed by atoms with Gasteiger partial charge in [-0.15, -0.1) is 4.40 Å². The van der Waals surface area contributed by atoms with Gasteiger partial charge in [0.25, 0.3) is 5.91 Å². The van der Waals surface area contributed by atoms with Crippen molar-refractivity contribution in [1.29, 1.82) is 0 Å². The Hall–Kier alpha value is -3.04. The summed E-state index contributed by atoms with van der Waals surface area (Å²) in [7, 11) is -2.74. The summed E-state index contributed by atoms with van der Waals surface area (Å²) in [6.45, 7) is 3.20. The highest BCUT2D eigenvalue weighted by molar-refractivity contribution is 7.88. The first-order valence-corrected chi connectivity index (χ1v) is 11.4. The quantitative estimate of drug-likeness (QED) is 0.726. The Morgan fingerprint density at radius 3 is 2.29 bits per heavy atom. The Morgan fingerprint density at radius 2 is 1.65 bits per heavy atom. The number of carbonyl (C=O) groups excluding carboxylic acids is 1. The fourth-order valence-corrected chi connectivity index (χ4v) is 4.53. The van der Waals surface area contributed by atoms with E-state index < -0.39 is 16.0 Å². The van der Waals surface area contributed by atoms with Gasteiger partial charge >= 0.3 is 10.2 Å². The van der Waals surface area contributed by atoms with Crippen LogP contribution in [0.1, 0.15) is 11.1 Å². The number of nitrogens with zero attached hydrogens (tertiary/aromatic N) is 4. The van der Waals surface area contributed by atoms with Crippen molar-refractivity contribution in [3.05, 3.63) is 83.3 Å². The zero-order chi connectivity index (χ0) is 22.0. The molecule has 0 N–H and O–H groups in total. The Balaban J connectivity index is 1.49. The van der Waals surface area contributed by atoms with Gasteiger partial charge in [-0.25, -0.2) is 8.70 Å². The van der Waals surface area contributed by atoms with E-state index in [0.717, 1.165) is 10.8 Å². The Morgan fingerprint density at radius 1 is 1.00 bits per heavy atom. The monoisotopic (exact) mass is 442 g/mol. The first-order chi connectivity index (χ1) is 14.8. The topological polar surface area (TPSA) is 73.3 Å². The summed E-state index contributed by atoms with van der Waals surface area (Å²) >= 11 is 0. The van der Waals surface area contributed by atoms with Crippen LogP contribution in [-0.4, -0.2) is 67.4 Å². The smallest absolute Gasteiger partial charge is 0.335 e. The van der Waals surface area contributed by atoms with E-state index >= 15 is 0 Å². The zero-order valence-electron chi connectivity index (χ0n) is 17.1. The number of allylic oxidation sites excluding steroid dienone is 1. The number of hydrogen-bond donors (Lipinski definition) is 0. The molecule has 1 saturated heterocycles. The van der Waals surface area contributed by atoms with Crippen LogP contribution in [0.25, 0.3) is 0 Å². The molecule has 2 aromatic rings. The second-order valence-corrected chi connectivity index (χ2v) is 9.14. The van der Waals surface area contributed by atoms with E-state index in [9.17, 15) is 17.6 Å². The van der Waals surface area contributed by atoms with Crippen LogP contribution in [0.2, 0.25) is 0 Å². The molecule has 0 radical (unpaired) electrons. The molecule has 0 unspecified atom stereocenters. The minimum Gasteiger partial charge on any atom is -0.335 e. The van der Waals surface area contributed by atoms with E-state index in [1.165, 1.54) is 43.0 Å². The normalized spacial score (nSPS) is 19.0. The molecule has 31 heavy (non-hydrogen) atoms. The van der Waals surface area contributed by atoms with E-state index in [0.29, 0.717) is 31.7 Å². The van der Waals surface area contributed by atoms with Crippen molar-refractivity contribution in [2.45, 2.75) is 6.54 Å². The van der Waals surface area contributed by atoms with Gasteiger partial charge in [-0.3, -0.25) is 9.69 Å². The van der Waals surface area contributed by atoms with Gasteiger partial charge in [0.05, 0.1) is 5.71 Å². The summed E-state index contributed by atoms with van der Waals surface area (Å²) in [5, 5.41) is 0. The molecule has 2 aliphatic heterocycles. The highest BCUT2D eigenvalue weighted by atomic mass is 32.2. The van der Waals surface area contributed by atoms with Crippen LogP contribution >= 0.6 is 0 Å². The predicted molar refractivity (Wildman–Crippen MR) is 116 cm³/mol. The van der Waals surface area contributed by atoms with Crippen molar-refractivity contribution in [1.82, 2.24) is 14.1 Å². The Bertz CT molecular complexity index is 1120. The standard InChI is InChI=1S/C22H23FN4O3S/c1-25-21(15-20(24-31(25,29)30)18-7-9-19(23)10-8-18)22(28)27-13-11-26(12-14-27)16-17-5-3-2-4-6-17/h2-10,15H,11-14,16H2,1H3. The molecule has 1 fully saturated rings. The van der Waals surface area contributed by atoms with Crippen LogP contribution in [0, 0.1) is 5.82 Å². The maximum absolute atomic E-state index is 13.2. The molecule has 1 amide bonds. The van der Waals surface area contributed by atoms with Crippen LogP contribution in [0.3, 0.4) is 0 Å². The second kappa shape index (κ2) is 8.60. The van der Waals surface area contributed by atoms with E-state index in [2.05, 4.69) is 21.4 Å². The van der Waals surface area contributed by atoms with E-state index in [4.69, 9.17) is 0 Å². The lowest BCUT2D eigenvalue weighted by Crippen LogP contribution is -2.50. The summed E-state index contributed by atoms with van der Waals surface area (Å²) in [4.78, 5) is 17.1. The predicted octanol–water partition coefficient (Wildman–Crippen LogP) is 2.03. The molecular weight excluding hydrogens is 419 g/mol. The molecule has 0 saturated carbocycles. The van der Waals surface area contributed by atoms with Crippen LogP contribution in [0.4, 0.5) is 4.39 Å². The largest absolute Gasteiger partial charge is 0.345 e. The third kappa shape index (κ3) is 4.67. The minimum absolute atomic E-state index is 0.0332. The summed E-state index contributed by atoms with van der Waals surface area (Å²) in [5.41, 5.74) is 1.79. The number of likely N-dealkylation sites (N-methyl/N-ethyl adjacent to an activating group) is 1. The highest BCUT2D eigenvalue weighted by Crippen LogP contribution is 2.22. The third-order valence-corrected chi connectivity index (χ3v) is 6.76. The van der Waals surface area contributed by atoms with Gasteiger partial charge in [-0.1, -0.05) is 30.3 Å². The fourth-order valence-electron chi connectivity index (χ4n) is 3.62. The molecule has 2 aliphatic rings. The molecule has 0 aliphatic carbocycles. The lowest BCUT2D eigenvalue weighted by Gasteiger charge is -2.36. The van der Waals surface area contributed by atoms with Gasteiger partial charge in [-0.05, 0) is 35.9 Å². The molecule has 9 heteroatoms. The number of carbonyl (C=O) groups is 1. The maximum Gasteiger partial charge on any atom is 0.345 e. The second-order valence-electron chi connectivity index (χ2n) is 7.51. The zero-order valence-corrected chi connectivity index (χ0v) is 17.9. The average molecular weight is 443 g/mol. The van der Waals surface area contributed by atoms with Crippen molar-refractivity contribution in [3.8, 4) is 0 Å². The maximum atomic E-state index is 13.2. The molecular formula is C22H23FN4O3S. The fraction of sp³-hybridized carbons (Fsp3) is 0.273. The van der Waals surface area contributed by atoms with Gasteiger partial charge in [0.2, 0.25) is 0 Å². The van der Waals surface area contributed by atoms with Gasteiger partial charge in [0.1, 0.15) is 11.5 Å². The number of piperazine rings is 1. The molecule has 4 rings (SSSR count). The molecule has 0 bridgehead atoms. The van der Waals surface area contributed by atoms with Gasteiger partial charge in [-0.2, -0.15) is 8.42 Å². The van der Waals surface area contributed by atoms with E-state index in [1.807, 2.05) is 18.2 Å². The lowest BCUT2D eigenvalue weighted by atomic mass is 10.1. The van der Waals surface area contributed by atoms with Crippen LogP contribution in [0.5, 0.6) is 0 Å². The molecule has 162 valence electrons. The van der Waals surface area contributed by atoms with Crippen molar-refractivity contribution in [2.24, 2.45) is 4.40 Å². The molecule has 2 heterocycles. The van der Waals surface area contributed by atoms with Crippen molar-refractivity contribution in [3.63, 3.8) is 0 Å². The molecule has 0 aromatic heterocycles. The van der Waals surface area contributed by atoms with E-state index in [1.54, 1.807) is 4.90 Å². The molecule has 2 aromatic carbocycles. The lowest BCUT2D eigenvalue weighted by molar-refractivity contribution is -0.129. The molecule has 7 nitrogen and oxygen atoms in total. The SMILES string of the molecule is CN1C(C(=O)N2CCN(Cc3ccccc3)CC2)=CC(c2ccc(F)cc2)=NS1(=O)=O. The summed E-state index contributed by atoms with van der Waals surface area (Å²) < 4.78 is 43.0. The van der Waals surface area contributed by atoms with Gasteiger partial charge in [0, 0.05) is 45.3 Å². The number of amides is 1. The van der Waals surface area contributed by atoms with Crippen molar-refractivity contribution < 1.29 is 17.6 Å². The summed E-state index contributed by atoms with van der Waals surface area (Å²) in [5.74, 6) is -0.797. The number of halogens is 1.